The molecule has 1 amide bonds. The molecule has 1 saturated carbocycles. The van der Waals surface area contributed by atoms with Crippen molar-refractivity contribution in [3.63, 3.8) is 0 Å². The highest BCUT2D eigenvalue weighted by Crippen LogP contribution is 2.45. The van der Waals surface area contributed by atoms with Gasteiger partial charge < -0.3 is 14.4 Å². The van der Waals surface area contributed by atoms with Crippen LogP contribution in [-0.4, -0.2) is 56.5 Å². The fourth-order valence-electron chi connectivity index (χ4n) is 4.37. The van der Waals surface area contributed by atoms with Crippen molar-refractivity contribution in [1.29, 1.82) is 0 Å². The molecule has 0 spiro atoms. The van der Waals surface area contributed by atoms with Crippen LogP contribution in [0.25, 0.3) is 0 Å². The van der Waals surface area contributed by atoms with Crippen LogP contribution in [0.4, 0.5) is 5.69 Å². The number of rotatable bonds is 4. The van der Waals surface area contributed by atoms with Gasteiger partial charge in [0.05, 0.1) is 37.5 Å². The van der Waals surface area contributed by atoms with Crippen LogP contribution in [0.5, 0.6) is 11.5 Å². The van der Waals surface area contributed by atoms with E-state index < -0.39 is 9.84 Å². The lowest BCUT2D eigenvalue weighted by molar-refractivity contribution is -0.122. The Morgan fingerprint density at radius 3 is 2.59 bits per heavy atom. The van der Waals surface area contributed by atoms with Gasteiger partial charge >= 0.3 is 0 Å². The van der Waals surface area contributed by atoms with E-state index in [1.807, 2.05) is 11.0 Å². The molecule has 2 atom stereocenters. The number of amidine groups is 1. The van der Waals surface area contributed by atoms with Gasteiger partial charge in [0.1, 0.15) is 11.5 Å². The second-order valence-electron chi connectivity index (χ2n) is 7.78. The third-order valence-corrected chi connectivity index (χ3v) is 9.08. The summed E-state index contributed by atoms with van der Waals surface area (Å²) in [4.78, 5) is 19.2. The molecular formula is C20H26N2O5S2. The lowest BCUT2D eigenvalue weighted by Crippen LogP contribution is -2.38. The summed E-state index contributed by atoms with van der Waals surface area (Å²) in [6.07, 6.45) is 5.05. The van der Waals surface area contributed by atoms with E-state index in [4.69, 9.17) is 9.47 Å². The molecule has 158 valence electrons. The molecule has 0 aromatic heterocycles. The first kappa shape index (κ1) is 20.5. The van der Waals surface area contributed by atoms with Gasteiger partial charge in [0.25, 0.3) is 5.91 Å². The predicted octanol–water partition coefficient (Wildman–Crippen LogP) is 2.89. The van der Waals surface area contributed by atoms with E-state index in [-0.39, 0.29) is 34.6 Å². The second kappa shape index (κ2) is 8.18. The van der Waals surface area contributed by atoms with Crippen LogP contribution in [0.2, 0.25) is 0 Å². The quantitative estimate of drug-likeness (QED) is 0.714. The van der Waals surface area contributed by atoms with Crippen molar-refractivity contribution in [2.24, 2.45) is 10.9 Å². The van der Waals surface area contributed by atoms with Crippen LogP contribution in [0.3, 0.4) is 0 Å². The first-order chi connectivity index (χ1) is 13.9. The highest BCUT2D eigenvalue weighted by Gasteiger charge is 2.50. The number of carbonyl (C=O) groups is 1. The summed E-state index contributed by atoms with van der Waals surface area (Å²) in [5, 5.41) is 0.422. The molecule has 1 aromatic carbocycles. The zero-order valence-electron chi connectivity index (χ0n) is 16.7. The molecule has 2 aliphatic heterocycles. The molecule has 0 N–H and O–H groups in total. The van der Waals surface area contributed by atoms with Gasteiger partial charge in [0.2, 0.25) is 0 Å². The monoisotopic (exact) mass is 438 g/mol. The third kappa shape index (κ3) is 4.12. The van der Waals surface area contributed by atoms with E-state index in [1.54, 1.807) is 26.4 Å². The van der Waals surface area contributed by atoms with E-state index in [0.29, 0.717) is 22.4 Å². The van der Waals surface area contributed by atoms with Crippen molar-refractivity contribution in [3.05, 3.63) is 18.2 Å². The Balaban J connectivity index is 1.73. The van der Waals surface area contributed by atoms with Crippen molar-refractivity contribution >= 4 is 38.4 Å². The van der Waals surface area contributed by atoms with E-state index >= 15 is 0 Å². The number of fused-ring (bicyclic) bond motifs is 1. The van der Waals surface area contributed by atoms with Crippen LogP contribution in [0, 0.1) is 5.92 Å². The first-order valence-electron chi connectivity index (χ1n) is 9.93. The number of anilines is 1. The molecule has 0 unspecified atom stereocenters. The molecule has 1 aromatic rings. The average molecular weight is 439 g/mol. The van der Waals surface area contributed by atoms with Gasteiger partial charge in [0.15, 0.2) is 15.0 Å². The predicted molar refractivity (Wildman–Crippen MR) is 115 cm³/mol. The standard InChI is InChI=1S/C20H26N2O5S2/c1-26-14-8-9-17(27-2)15(10-14)22-16-11-29(24,25)12-18(16)28-20(22)21-19(23)13-6-4-3-5-7-13/h8-10,13,16,18H,3-7,11-12H2,1-2H3/t16-,18+/m1/s1. The highest BCUT2D eigenvalue weighted by atomic mass is 32.2. The number of thioether (sulfide) groups is 1. The molecule has 2 heterocycles. The minimum atomic E-state index is -3.13. The van der Waals surface area contributed by atoms with Crippen LogP contribution in [0.1, 0.15) is 32.1 Å². The lowest BCUT2D eigenvalue weighted by Gasteiger charge is -2.27. The number of carbonyl (C=O) groups excluding carboxylic acids is 1. The Morgan fingerprint density at radius 1 is 1.14 bits per heavy atom. The molecule has 0 radical (unpaired) electrons. The van der Waals surface area contributed by atoms with Crippen molar-refractivity contribution in [2.45, 2.75) is 43.4 Å². The minimum Gasteiger partial charge on any atom is -0.497 e. The second-order valence-corrected chi connectivity index (χ2v) is 11.1. The number of amides is 1. The maximum absolute atomic E-state index is 12.9. The van der Waals surface area contributed by atoms with Gasteiger partial charge in [0, 0.05) is 17.2 Å². The Morgan fingerprint density at radius 2 is 1.90 bits per heavy atom. The number of hydrogen-bond donors (Lipinski definition) is 0. The first-order valence-corrected chi connectivity index (χ1v) is 12.6. The number of aliphatic imine (C=N–C) groups is 1. The Hall–Kier alpha value is -1.74. The Kier molecular flexibility index (Phi) is 5.79. The molecule has 3 aliphatic rings. The number of nitrogens with zero attached hydrogens (tertiary/aromatic N) is 2. The zero-order chi connectivity index (χ0) is 20.6. The van der Waals surface area contributed by atoms with Crippen LogP contribution < -0.4 is 14.4 Å². The smallest absolute Gasteiger partial charge is 0.251 e. The molecule has 1 aliphatic carbocycles. The van der Waals surface area contributed by atoms with Crippen molar-refractivity contribution in [3.8, 4) is 11.5 Å². The van der Waals surface area contributed by atoms with E-state index in [0.717, 1.165) is 25.7 Å². The zero-order valence-corrected chi connectivity index (χ0v) is 18.3. The van der Waals surface area contributed by atoms with Crippen molar-refractivity contribution in [2.75, 3.05) is 30.6 Å². The number of ether oxygens (including phenoxy) is 2. The molecule has 29 heavy (non-hydrogen) atoms. The van der Waals surface area contributed by atoms with Gasteiger partial charge in [-0.15, -0.1) is 0 Å². The van der Waals surface area contributed by atoms with Gasteiger partial charge in [-0.1, -0.05) is 31.0 Å². The number of benzene rings is 1. The summed E-state index contributed by atoms with van der Waals surface area (Å²) in [7, 11) is 0.0204. The molecule has 0 bridgehead atoms. The fourth-order valence-corrected chi connectivity index (χ4v) is 8.28. The Labute approximate surface area is 175 Å². The third-order valence-electron chi connectivity index (χ3n) is 5.87. The van der Waals surface area contributed by atoms with Crippen LogP contribution in [-0.2, 0) is 14.6 Å². The molecule has 7 nitrogen and oxygen atoms in total. The normalized spacial score (nSPS) is 27.8. The molecule has 9 heteroatoms. The average Bonchev–Trinajstić information content (AvgIpc) is 3.18. The van der Waals surface area contributed by atoms with Crippen molar-refractivity contribution < 1.29 is 22.7 Å². The van der Waals surface area contributed by atoms with E-state index in [2.05, 4.69) is 4.99 Å². The van der Waals surface area contributed by atoms with Crippen LogP contribution in [0.15, 0.2) is 23.2 Å². The van der Waals surface area contributed by atoms with Gasteiger partial charge in [-0.25, -0.2) is 8.42 Å². The van der Waals surface area contributed by atoms with Gasteiger partial charge in [-0.05, 0) is 25.0 Å². The van der Waals surface area contributed by atoms with Crippen molar-refractivity contribution in [1.82, 2.24) is 0 Å². The lowest BCUT2D eigenvalue weighted by atomic mass is 9.89. The van der Waals surface area contributed by atoms with Crippen LogP contribution >= 0.6 is 11.8 Å². The summed E-state index contributed by atoms with van der Waals surface area (Å²) in [6, 6.07) is 5.12. The number of methoxy groups -OCH3 is 2. The molecule has 4 rings (SSSR count). The summed E-state index contributed by atoms with van der Waals surface area (Å²) in [5.41, 5.74) is 0.680. The van der Waals surface area contributed by atoms with E-state index in [1.165, 1.54) is 18.2 Å². The number of hydrogen-bond acceptors (Lipinski definition) is 6. The summed E-state index contributed by atoms with van der Waals surface area (Å²) in [6.45, 7) is 0. The maximum Gasteiger partial charge on any atom is 0.251 e. The summed E-state index contributed by atoms with van der Waals surface area (Å²) >= 11 is 1.39. The summed E-state index contributed by atoms with van der Waals surface area (Å²) < 4.78 is 35.4. The largest absolute Gasteiger partial charge is 0.497 e. The van der Waals surface area contributed by atoms with E-state index in [9.17, 15) is 13.2 Å². The molecule has 2 saturated heterocycles. The maximum atomic E-state index is 12.9. The highest BCUT2D eigenvalue weighted by molar-refractivity contribution is 8.16. The number of sulfone groups is 1. The Bertz CT molecular complexity index is 925. The molecular weight excluding hydrogens is 412 g/mol. The summed E-state index contributed by atoms with van der Waals surface area (Å²) in [5.74, 6) is 1.24. The van der Waals surface area contributed by atoms with Gasteiger partial charge in [-0.3, -0.25) is 4.79 Å². The minimum absolute atomic E-state index is 0.0323. The van der Waals surface area contributed by atoms with Gasteiger partial charge in [-0.2, -0.15) is 4.99 Å². The fraction of sp³-hybridized carbons (Fsp3) is 0.600. The SMILES string of the molecule is COc1ccc(OC)c(N2C(=NC(=O)C3CCCCC3)S[C@H]3CS(=O)(=O)C[C@H]32)c1. The topological polar surface area (TPSA) is 85.3 Å². The molecule has 3 fully saturated rings.